The van der Waals surface area contributed by atoms with Gasteiger partial charge in [-0.2, -0.15) is 0 Å². The number of hydrogen-bond acceptors (Lipinski definition) is 4. The highest BCUT2D eigenvalue weighted by molar-refractivity contribution is 5.85. The van der Waals surface area contributed by atoms with Crippen molar-refractivity contribution in [2.24, 2.45) is 23.5 Å². The summed E-state index contributed by atoms with van der Waals surface area (Å²) in [4.78, 5) is 13.4. The first-order valence-corrected chi connectivity index (χ1v) is 11.1. The van der Waals surface area contributed by atoms with Gasteiger partial charge in [0.15, 0.2) is 11.5 Å². The van der Waals surface area contributed by atoms with Gasteiger partial charge in [0.1, 0.15) is 13.2 Å². The molecule has 5 rings (SSSR count). The summed E-state index contributed by atoms with van der Waals surface area (Å²) in [5.74, 6) is 3.02. The topological polar surface area (TPSA) is 73.6 Å². The van der Waals surface area contributed by atoms with E-state index in [1.54, 1.807) is 0 Å². The van der Waals surface area contributed by atoms with Gasteiger partial charge in [0.2, 0.25) is 5.91 Å². The maximum Gasteiger partial charge on any atom is 0.223 e. The normalized spacial score (nSPS) is 32.2. The Hall–Kier alpha value is -1.46. The van der Waals surface area contributed by atoms with Crippen molar-refractivity contribution in [1.29, 1.82) is 0 Å². The van der Waals surface area contributed by atoms with Gasteiger partial charge in [0, 0.05) is 12.0 Å². The van der Waals surface area contributed by atoms with E-state index in [0.29, 0.717) is 31.1 Å². The smallest absolute Gasteiger partial charge is 0.223 e. The number of carbonyl (C=O) groups excluding carboxylic acids is 1. The monoisotopic (exact) mass is 420 g/mol. The minimum atomic E-state index is -0.262. The third-order valence-corrected chi connectivity index (χ3v) is 7.70. The van der Waals surface area contributed by atoms with Gasteiger partial charge in [0.25, 0.3) is 0 Å². The maximum absolute atomic E-state index is 13.4. The predicted molar refractivity (Wildman–Crippen MR) is 114 cm³/mol. The summed E-state index contributed by atoms with van der Waals surface area (Å²) < 4.78 is 11.5. The fourth-order valence-corrected chi connectivity index (χ4v) is 6.15. The molecule has 0 radical (unpaired) electrons. The van der Waals surface area contributed by atoms with Crippen molar-refractivity contribution >= 4 is 18.3 Å². The number of nitrogens with two attached hydrogens (primary N) is 1. The molecular weight excluding hydrogens is 388 g/mol. The molecule has 4 aliphatic rings. The first-order chi connectivity index (χ1) is 13.6. The van der Waals surface area contributed by atoms with E-state index in [-0.39, 0.29) is 29.8 Å². The van der Waals surface area contributed by atoms with Crippen LogP contribution in [0.25, 0.3) is 0 Å². The molecule has 2 unspecified atom stereocenters. The summed E-state index contributed by atoms with van der Waals surface area (Å²) in [5.41, 5.74) is 7.33. The Morgan fingerprint density at radius 2 is 1.66 bits per heavy atom. The highest BCUT2D eigenvalue weighted by Gasteiger charge is 2.44. The molecule has 2 atom stereocenters. The zero-order valence-electron chi connectivity index (χ0n) is 17.0. The molecule has 0 spiro atoms. The summed E-state index contributed by atoms with van der Waals surface area (Å²) in [6.07, 6.45) is 9.86. The highest BCUT2D eigenvalue weighted by Crippen LogP contribution is 2.45. The Bertz CT molecular complexity index is 736. The second-order valence-electron chi connectivity index (χ2n) is 9.33. The average molecular weight is 421 g/mol. The van der Waals surface area contributed by atoms with Gasteiger partial charge in [-0.3, -0.25) is 4.79 Å². The lowest BCUT2D eigenvalue weighted by Gasteiger charge is -2.44. The summed E-state index contributed by atoms with van der Waals surface area (Å²) >= 11 is 0. The Morgan fingerprint density at radius 3 is 2.34 bits per heavy atom. The first-order valence-electron chi connectivity index (χ1n) is 11.1. The zero-order chi connectivity index (χ0) is 19.1. The van der Waals surface area contributed by atoms with Gasteiger partial charge in [-0.05, 0) is 68.1 Å². The molecule has 1 aromatic carbocycles. The van der Waals surface area contributed by atoms with Gasteiger partial charge in [-0.25, -0.2) is 0 Å². The second kappa shape index (κ2) is 8.35. The second-order valence-corrected chi connectivity index (χ2v) is 9.33. The van der Waals surface area contributed by atoms with Crippen molar-refractivity contribution in [3.8, 4) is 11.5 Å². The van der Waals surface area contributed by atoms with Crippen molar-refractivity contribution in [3.05, 3.63) is 23.8 Å². The molecule has 160 valence electrons. The van der Waals surface area contributed by atoms with Gasteiger partial charge < -0.3 is 20.5 Å². The van der Waals surface area contributed by atoms with Crippen LogP contribution in [-0.2, 0) is 10.3 Å². The van der Waals surface area contributed by atoms with Crippen LogP contribution in [0.1, 0.15) is 63.4 Å². The van der Waals surface area contributed by atoms with Gasteiger partial charge in [0.05, 0.1) is 5.54 Å². The molecule has 3 saturated carbocycles. The minimum absolute atomic E-state index is 0. The third kappa shape index (κ3) is 3.84. The SMILES string of the molecule is Cl.NC1C2CCCC1CC(C(=O)NC1(c3ccc4c(c3)OCCO4)CCCC1)C2. The molecule has 3 fully saturated rings. The highest BCUT2D eigenvalue weighted by atomic mass is 35.5. The van der Waals surface area contributed by atoms with Crippen molar-refractivity contribution in [1.82, 2.24) is 5.32 Å². The van der Waals surface area contributed by atoms with E-state index < -0.39 is 0 Å². The molecule has 1 amide bonds. The Morgan fingerprint density at radius 1 is 1.00 bits per heavy atom. The van der Waals surface area contributed by atoms with E-state index in [2.05, 4.69) is 17.4 Å². The van der Waals surface area contributed by atoms with Gasteiger partial charge in [-0.1, -0.05) is 25.3 Å². The Kier molecular flexibility index (Phi) is 5.99. The van der Waals surface area contributed by atoms with Gasteiger partial charge in [-0.15, -0.1) is 12.4 Å². The molecule has 3 aliphatic carbocycles. The number of halogens is 1. The molecule has 0 saturated heterocycles. The fourth-order valence-electron chi connectivity index (χ4n) is 6.15. The van der Waals surface area contributed by atoms with Crippen LogP contribution in [0.15, 0.2) is 18.2 Å². The van der Waals surface area contributed by atoms with Crippen molar-refractivity contribution in [3.63, 3.8) is 0 Å². The van der Waals surface area contributed by atoms with Crippen molar-refractivity contribution < 1.29 is 14.3 Å². The quantitative estimate of drug-likeness (QED) is 0.777. The molecule has 6 heteroatoms. The van der Waals surface area contributed by atoms with Crippen LogP contribution in [-0.4, -0.2) is 25.2 Å². The van der Waals surface area contributed by atoms with Crippen molar-refractivity contribution in [2.45, 2.75) is 69.4 Å². The number of amides is 1. The number of carbonyl (C=O) groups is 1. The number of ether oxygens (including phenoxy) is 2. The molecular formula is C23H33ClN2O3. The zero-order valence-corrected chi connectivity index (χ0v) is 17.8. The third-order valence-electron chi connectivity index (χ3n) is 7.70. The number of fused-ring (bicyclic) bond motifs is 3. The molecule has 29 heavy (non-hydrogen) atoms. The standard InChI is InChI=1S/C23H32N2O3.ClH/c24-21-15-4-3-5-16(21)13-17(12-15)22(26)25-23(8-1-2-9-23)18-6-7-19-20(14-18)28-11-10-27-19;/h6-7,14-17,21H,1-5,8-13,24H2,(H,25,26);1H. The Labute approximate surface area is 179 Å². The lowest BCUT2D eigenvalue weighted by atomic mass is 9.65. The lowest BCUT2D eigenvalue weighted by molar-refractivity contribution is -0.130. The summed E-state index contributed by atoms with van der Waals surface area (Å²) in [6, 6.07) is 6.51. The Balaban J connectivity index is 0.00000205. The van der Waals surface area contributed by atoms with E-state index in [4.69, 9.17) is 15.2 Å². The van der Waals surface area contributed by atoms with Crippen LogP contribution >= 0.6 is 12.4 Å². The predicted octanol–water partition coefficient (Wildman–Crippen LogP) is 3.92. The molecule has 3 N–H and O–H groups in total. The summed E-state index contributed by atoms with van der Waals surface area (Å²) in [7, 11) is 0. The van der Waals surface area contributed by atoms with Crippen molar-refractivity contribution in [2.75, 3.05) is 13.2 Å². The van der Waals surface area contributed by atoms with Crippen LogP contribution in [0.3, 0.4) is 0 Å². The number of hydrogen-bond donors (Lipinski definition) is 2. The van der Waals surface area contributed by atoms with Gasteiger partial charge >= 0.3 is 0 Å². The van der Waals surface area contributed by atoms with Crippen LogP contribution in [0, 0.1) is 17.8 Å². The summed E-state index contributed by atoms with van der Waals surface area (Å²) in [6.45, 7) is 1.18. The molecule has 1 aromatic rings. The number of benzene rings is 1. The maximum atomic E-state index is 13.4. The van der Waals surface area contributed by atoms with Crippen LogP contribution in [0.4, 0.5) is 0 Å². The largest absolute Gasteiger partial charge is 0.486 e. The van der Waals surface area contributed by atoms with E-state index in [9.17, 15) is 4.79 Å². The molecule has 1 aliphatic heterocycles. The van der Waals surface area contributed by atoms with E-state index >= 15 is 0 Å². The fraction of sp³-hybridized carbons (Fsp3) is 0.696. The van der Waals surface area contributed by atoms with Crippen LogP contribution < -0.4 is 20.5 Å². The molecule has 0 aromatic heterocycles. The molecule has 5 nitrogen and oxygen atoms in total. The van der Waals surface area contributed by atoms with E-state index in [1.165, 1.54) is 19.3 Å². The molecule has 1 heterocycles. The minimum Gasteiger partial charge on any atom is -0.486 e. The molecule has 2 bridgehead atoms. The first kappa shape index (κ1) is 20.8. The van der Waals surface area contributed by atoms with Crippen LogP contribution in [0.5, 0.6) is 11.5 Å². The van der Waals surface area contributed by atoms with Crippen LogP contribution in [0.2, 0.25) is 0 Å². The number of rotatable bonds is 3. The van der Waals surface area contributed by atoms with E-state index in [1.807, 2.05) is 6.07 Å². The summed E-state index contributed by atoms with van der Waals surface area (Å²) in [5, 5.41) is 3.51. The average Bonchev–Trinajstić information content (AvgIpc) is 3.17. The van der Waals surface area contributed by atoms with E-state index in [0.717, 1.165) is 55.6 Å². The lowest BCUT2D eigenvalue weighted by Crippen LogP contribution is -2.52. The number of nitrogens with one attached hydrogen (secondary N) is 1.